The summed E-state index contributed by atoms with van der Waals surface area (Å²) >= 11 is 0. The summed E-state index contributed by atoms with van der Waals surface area (Å²) in [5.74, 6) is -0.486. The topological polar surface area (TPSA) is 75.7 Å². The van der Waals surface area contributed by atoms with Crippen LogP contribution in [0.1, 0.15) is 63.9 Å². The number of benzene rings is 3. The van der Waals surface area contributed by atoms with Gasteiger partial charge in [-0.1, -0.05) is 36.4 Å². The van der Waals surface area contributed by atoms with Gasteiger partial charge in [0.05, 0.1) is 13.0 Å². The first-order valence-corrected chi connectivity index (χ1v) is 12.0. The van der Waals surface area contributed by atoms with Crippen molar-refractivity contribution in [3.05, 3.63) is 95.1 Å². The van der Waals surface area contributed by atoms with Crippen molar-refractivity contribution in [3.8, 4) is 0 Å². The maximum Gasteiger partial charge on any atom is 0.306 e. The molecule has 2 amide bonds. The molecule has 0 saturated heterocycles. The number of esters is 1. The Hall–Kier alpha value is -3.93. The Bertz CT molecular complexity index is 1220. The van der Waals surface area contributed by atoms with Gasteiger partial charge in [0.15, 0.2) is 0 Å². The van der Waals surface area contributed by atoms with Crippen molar-refractivity contribution >= 4 is 29.2 Å². The second-order valence-corrected chi connectivity index (χ2v) is 8.71. The summed E-state index contributed by atoms with van der Waals surface area (Å²) in [7, 11) is 0. The molecule has 3 aromatic carbocycles. The van der Waals surface area contributed by atoms with Crippen molar-refractivity contribution in [2.75, 3.05) is 23.4 Å². The van der Waals surface area contributed by atoms with Crippen molar-refractivity contribution in [2.45, 2.75) is 39.0 Å². The van der Waals surface area contributed by atoms with Crippen LogP contribution < -0.4 is 10.2 Å². The third-order valence-corrected chi connectivity index (χ3v) is 6.34. The lowest BCUT2D eigenvalue weighted by Gasteiger charge is -2.24. The summed E-state index contributed by atoms with van der Waals surface area (Å²) in [5, 5.41) is 2.90. The normalized spacial score (nSPS) is 15.0. The Morgan fingerprint density at radius 2 is 1.69 bits per heavy atom. The Morgan fingerprint density at radius 1 is 0.971 bits per heavy atom. The molecule has 6 heteroatoms. The van der Waals surface area contributed by atoms with E-state index in [-0.39, 0.29) is 23.7 Å². The number of para-hydroxylation sites is 1. The number of anilines is 2. The molecule has 3 aromatic rings. The number of nitrogens with zero attached hydrogens (tertiary/aromatic N) is 1. The van der Waals surface area contributed by atoms with Gasteiger partial charge < -0.3 is 15.0 Å². The molecule has 1 atom stereocenters. The van der Waals surface area contributed by atoms with Gasteiger partial charge in [-0.2, -0.15) is 0 Å². The highest BCUT2D eigenvalue weighted by Crippen LogP contribution is 2.37. The Balaban J connectivity index is 1.51. The number of nitrogens with one attached hydrogen (secondary N) is 1. The third kappa shape index (κ3) is 5.60. The molecule has 0 aliphatic carbocycles. The smallest absolute Gasteiger partial charge is 0.306 e. The molecule has 35 heavy (non-hydrogen) atoms. The summed E-state index contributed by atoms with van der Waals surface area (Å²) in [5.41, 5.74) is 4.51. The van der Waals surface area contributed by atoms with E-state index in [1.165, 1.54) is 0 Å². The molecule has 1 aliphatic rings. The minimum atomic E-state index is -0.213. The molecule has 4 rings (SSSR count). The first kappa shape index (κ1) is 24.2. The zero-order valence-electron chi connectivity index (χ0n) is 20.1. The maximum atomic E-state index is 13.5. The monoisotopic (exact) mass is 470 g/mol. The molecule has 1 N–H and O–H groups in total. The third-order valence-electron chi connectivity index (χ3n) is 6.34. The SMILES string of the molecule is CCOC(=O)CC1CCCN(C(=O)c2ccc(NC(=O)c3ccccc3C)cc2)c2ccccc21. The van der Waals surface area contributed by atoms with Gasteiger partial charge in [-0.05, 0) is 80.1 Å². The second kappa shape index (κ2) is 11.0. The molecule has 1 heterocycles. The Morgan fingerprint density at radius 3 is 2.43 bits per heavy atom. The van der Waals surface area contributed by atoms with Crippen molar-refractivity contribution in [1.82, 2.24) is 0 Å². The van der Waals surface area contributed by atoms with Crippen LogP contribution in [0, 0.1) is 6.92 Å². The van der Waals surface area contributed by atoms with Gasteiger partial charge in [-0.3, -0.25) is 14.4 Å². The average Bonchev–Trinajstić information content (AvgIpc) is 3.04. The van der Waals surface area contributed by atoms with E-state index in [0.717, 1.165) is 29.7 Å². The van der Waals surface area contributed by atoms with Gasteiger partial charge in [0.2, 0.25) is 0 Å². The number of amides is 2. The van der Waals surface area contributed by atoms with Crippen molar-refractivity contribution in [3.63, 3.8) is 0 Å². The van der Waals surface area contributed by atoms with Gasteiger partial charge in [0.1, 0.15) is 0 Å². The fourth-order valence-corrected chi connectivity index (χ4v) is 4.57. The van der Waals surface area contributed by atoms with Crippen LogP contribution in [0.4, 0.5) is 11.4 Å². The Labute approximate surface area is 205 Å². The van der Waals surface area contributed by atoms with E-state index in [1.807, 2.05) is 49.4 Å². The second-order valence-electron chi connectivity index (χ2n) is 8.71. The summed E-state index contributed by atoms with van der Waals surface area (Å²) in [6.45, 7) is 4.63. The van der Waals surface area contributed by atoms with Crippen LogP contribution in [0.15, 0.2) is 72.8 Å². The van der Waals surface area contributed by atoms with Crippen molar-refractivity contribution < 1.29 is 19.1 Å². The molecule has 1 unspecified atom stereocenters. The van der Waals surface area contributed by atoms with E-state index < -0.39 is 0 Å². The van der Waals surface area contributed by atoms with E-state index >= 15 is 0 Å². The molecule has 0 spiro atoms. The maximum absolute atomic E-state index is 13.5. The fourth-order valence-electron chi connectivity index (χ4n) is 4.57. The number of rotatable bonds is 6. The number of carbonyl (C=O) groups excluding carboxylic acids is 3. The average molecular weight is 471 g/mol. The van der Waals surface area contributed by atoms with Gasteiger partial charge in [-0.15, -0.1) is 0 Å². The number of ether oxygens (including phenoxy) is 1. The van der Waals surface area contributed by atoms with Crippen LogP contribution in [-0.2, 0) is 9.53 Å². The lowest BCUT2D eigenvalue weighted by molar-refractivity contribution is -0.143. The molecule has 1 aliphatic heterocycles. The summed E-state index contributed by atoms with van der Waals surface area (Å²) in [6, 6.07) is 22.2. The summed E-state index contributed by atoms with van der Waals surface area (Å²) < 4.78 is 5.17. The van der Waals surface area contributed by atoms with Gasteiger partial charge in [0, 0.05) is 29.0 Å². The van der Waals surface area contributed by atoms with Crippen LogP contribution in [0.2, 0.25) is 0 Å². The van der Waals surface area contributed by atoms with Crippen molar-refractivity contribution in [2.24, 2.45) is 0 Å². The van der Waals surface area contributed by atoms with Crippen LogP contribution in [0.3, 0.4) is 0 Å². The summed E-state index contributed by atoms with van der Waals surface area (Å²) in [6.07, 6.45) is 1.90. The predicted octanol–water partition coefficient (Wildman–Crippen LogP) is 5.72. The Kier molecular flexibility index (Phi) is 7.60. The molecule has 0 fully saturated rings. The van der Waals surface area contributed by atoms with Crippen LogP contribution >= 0.6 is 0 Å². The standard InChI is InChI=1S/C29H30N2O4/c1-3-35-27(32)19-22-10-8-18-31(26-13-7-6-12-25(22)26)29(34)21-14-16-23(17-15-21)30-28(33)24-11-5-4-9-20(24)2/h4-7,9,11-17,22H,3,8,10,18-19H2,1-2H3,(H,30,33). The van der Waals surface area contributed by atoms with Gasteiger partial charge >= 0.3 is 5.97 Å². The number of hydrogen-bond donors (Lipinski definition) is 1. The predicted molar refractivity (Wildman–Crippen MR) is 137 cm³/mol. The van der Waals surface area contributed by atoms with Crippen LogP contribution in [0.5, 0.6) is 0 Å². The lowest BCUT2D eigenvalue weighted by Crippen LogP contribution is -2.31. The van der Waals surface area contributed by atoms with Crippen LogP contribution in [0.25, 0.3) is 0 Å². The number of carbonyl (C=O) groups is 3. The van der Waals surface area contributed by atoms with Gasteiger partial charge in [-0.25, -0.2) is 0 Å². The first-order chi connectivity index (χ1) is 17.0. The van der Waals surface area contributed by atoms with E-state index in [1.54, 1.807) is 42.2 Å². The van der Waals surface area contributed by atoms with Crippen molar-refractivity contribution in [1.29, 1.82) is 0 Å². The molecule has 0 radical (unpaired) electrons. The molecular weight excluding hydrogens is 440 g/mol. The fraction of sp³-hybridized carbons (Fsp3) is 0.276. The molecular formula is C29H30N2O4. The highest BCUT2D eigenvalue weighted by atomic mass is 16.5. The minimum Gasteiger partial charge on any atom is -0.466 e. The number of aryl methyl sites for hydroxylation is 1. The highest BCUT2D eigenvalue weighted by Gasteiger charge is 2.28. The highest BCUT2D eigenvalue weighted by molar-refractivity contribution is 6.08. The van der Waals surface area contributed by atoms with Gasteiger partial charge in [0.25, 0.3) is 11.8 Å². The first-order valence-electron chi connectivity index (χ1n) is 12.0. The quantitative estimate of drug-likeness (QED) is 0.467. The zero-order valence-corrected chi connectivity index (χ0v) is 20.1. The van der Waals surface area contributed by atoms with E-state index in [4.69, 9.17) is 4.74 Å². The van der Waals surface area contributed by atoms with E-state index in [9.17, 15) is 14.4 Å². The number of fused-ring (bicyclic) bond motifs is 1. The molecule has 6 nitrogen and oxygen atoms in total. The molecule has 0 bridgehead atoms. The molecule has 180 valence electrons. The minimum absolute atomic E-state index is 0.0158. The zero-order chi connectivity index (χ0) is 24.8. The molecule has 0 saturated carbocycles. The molecule has 0 aromatic heterocycles. The van der Waals surface area contributed by atoms with E-state index in [2.05, 4.69) is 5.32 Å². The largest absolute Gasteiger partial charge is 0.466 e. The number of hydrogen-bond acceptors (Lipinski definition) is 4. The summed E-state index contributed by atoms with van der Waals surface area (Å²) in [4.78, 5) is 40.0. The lowest BCUT2D eigenvalue weighted by atomic mass is 9.91. The van der Waals surface area contributed by atoms with E-state index in [0.29, 0.717) is 36.4 Å². The van der Waals surface area contributed by atoms with Crippen LogP contribution in [-0.4, -0.2) is 30.9 Å².